The maximum absolute atomic E-state index is 11.8. The highest BCUT2D eigenvalue weighted by atomic mass is 35.5. The first-order valence-corrected chi connectivity index (χ1v) is 6.90. The SMILES string of the molecule is CCN(CC)C(=O)CSc1ccc(N)c(Cl)c1. The van der Waals surface area contributed by atoms with Crippen molar-refractivity contribution >= 4 is 35.0 Å². The Hall–Kier alpha value is -0.870. The van der Waals surface area contributed by atoms with Crippen LogP contribution in [0.25, 0.3) is 0 Å². The van der Waals surface area contributed by atoms with E-state index >= 15 is 0 Å². The molecule has 0 bridgehead atoms. The highest BCUT2D eigenvalue weighted by molar-refractivity contribution is 8.00. The molecule has 1 aromatic carbocycles. The molecule has 0 atom stereocenters. The molecule has 5 heteroatoms. The molecule has 0 saturated carbocycles. The maximum atomic E-state index is 11.8. The zero-order valence-corrected chi connectivity index (χ0v) is 11.6. The topological polar surface area (TPSA) is 46.3 Å². The lowest BCUT2D eigenvalue weighted by atomic mass is 10.3. The number of carbonyl (C=O) groups excluding carboxylic acids is 1. The van der Waals surface area contributed by atoms with Crippen molar-refractivity contribution in [3.05, 3.63) is 23.2 Å². The molecule has 94 valence electrons. The summed E-state index contributed by atoms with van der Waals surface area (Å²) >= 11 is 7.39. The summed E-state index contributed by atoms with van der Waals surface area (Å²) in [5.74, 6) is 0.579. The van der Waals surface area contributed by atoms with Crippen LogP contribution in [0.4, 0.5) is 5.69 Å². The average Bonchev–Trinajstić information content (AvgIpc) is 2.32. The molecule has 0 heterocycles. The number of anilines is 1. The molecule has 0 saturated heterocycles. The lowest BCUT2D eigenvalue weighted by molar-refractivity contribution is -0.127. The Morgan fingerprint density at radius 3 is 2.59 bits per heavy atom. The van der Waals surface area contributed by atoms with Gasteiger partial charge in [-0.05, 0) is 32.0 Å². The van der Waals surface area contributed by atoms with E-state index in [4.69, 9.17) is 17.3 Å². The highest BCUT2D eigenvalue weighted by Crippen LogP contribution is 2.26. The number of amides is 1. The van der Waals surface area contributed by atoms with Gasteiger partial charge in [-0.2, -0.15) is 0 Å². The quantitative estimate of drug-likeness (QED) is 0.662. The zero-order valence-electron chi connectivity index (χ0n) is 10.1. The van der Waals surface area contributed by atoms with E-state index in [1.807, 2.05) is 24.8 Å². The third-order valence-electron chi connectivity index (χ3n) is 2.45. The molecule has 3 nitrogen and oxygen atoms in total. The summed E-state index contributed by atoms with van der Waals surface area (Å²) in [5, 5.41) is 0.533. The van der Waals surface area contributed by atoms with Crippen molar-refractivity contribution in [1.29, 1.82) is 0 Å². The molecule has 17 heavy (non-hydrogen) atoms. The molecule has 0 aliphatic carbocycles. The average molecular weight is 273 g/mol. The van der Waals surface area contributed by atoms with Crippen LogP contribution in [0.3, 0.4) is 0 Å². The molecule has 0 aromatic heterocycles. The van der Waals surface area contributed by atoms with Gasteiger partial charge < -0.3 is 10.6 Å². The largest absolute Gasteiger partial charge is 0.398 e. The third-order valence-corrected chi connectivity index (χ3v) is 3.76. The number of benzene rings is 1. The van der Waals surface area contributed by atoms with Gasteiger partial charge in [0.1, 0.15) is 0 Å². The number of hydrogen-bond acceptors (Lipinski definition) is 3. The van der Waals surface area contributed by atoms with Gasteiger partial charge in [0.15, 0.2) is 0 Å². The second-order valence-electron chi connectivity index (χ2n) is 3.54. The van der Waals surface area contributed by atoms with Crippen molar-refractivity contribution in [3.8, 4) is 0 Å². The minimum absolute atomic E-state index is 0.146. The monoisotopic (exact) mass is 272 g/mol. The minimum atomic E-state index is 0.146. The van der Waals surface area contributed by atoms with Crippen molar-refractivity contribution in [2.45, 2.75) is 18.7 Å². The van der Waals surface area contributed by atoms with Crippen LogP contribution in [0.5, 0.6) is 0 Å². The van der Waals surface area contributed by atoms with E-state index in [2.05, 4.69) is 0 Å². The molecule has 0 unspecified atom stereocenters. The van der Waals surface area contributed by atoms with Crippen LogP contribution in [0.1, 0.15) is 13.8 Å². The van der Waals surface area contributed by atoms with Gasteiger partial charge in [0.05, 0.1) is 16.5 Å². The fourth-order valence-electron chi connectivity index (χ4n) is 1.41. The van der Waals surface area contributed by atoms with Gasteiger partial charge in [0.25, 0.3) is 0 Å². The molecule has 1 aromatic rings. The summed E-state index contributed by atoms with van der Waals surface area (Å²) in [7, 11) is 0. The number of nitrogen functional groups attached to an aromatic ring is 1. The Labute approximate surface area is 111 Å². The second kappa shape index (κ2) is 6.77. The molecule has 0 aliphatic rings. The van der Waals surface area contributed by atoms with Crippen LogP contribution in [-0.4, -0.2) is 29.6 Å². The van der Waals surface area contributed by atoms with Gasteiger partial charge in [-0.25, -0.2) is 0 Å². The third kappa shape index (κ3) is 4.13. The number of nitrogens with zero attached hydrogens (tertiary/aromatic N) is 1. The molecular weight excluding hydrogens is 256 g/mol. The van der Waals surface area contributed by atoms with Crippen molar-refractivity contribution in [2.75, 3.05) is 24.6 Å². The summed E-state index contributed by atoms with van der Waals surface area (Å²) in [6, 6.07) is 5.42. The van der Waals surface area contributed by atoms with Crippen LogP contribution < -0.4 is 5.73 Å². The summed E-state index contributed by atoms with van der Waals surface area (Å²) in [5.41, 5.74) is 6.18. The van der Waals surface area contributed by atoms with E-state index in [0.717, 1.165) is 18.0 Å². The predicted molar refractivity (Wildman–Crippen MR) is 74.5 cm³/mol. The molecule has 0 fully saturated rings. The molecule has 0 aliphatic heterocycles. The summed E-state index contributed by atoms with van der Waals surface area (Å²) in [6.45, 7) is 5.45. The first kappa shape index (κ1) is 14.2. The normalized spacial score (nSPS) is 10.3. The number of halogens is 1. The van der Waals surface area contributed by atoms with E-state index in [0.29, 0.717) is 16.5 Å². The smallest absolute Gasteiger partial charge is 0.232 e. The number of hydrogen-bond donors (Lipinski definition) is 1. The molecule has 0 radical (unpaired) electrons. The number of thioether (sulfide) groups is 1. The number of nitrogens with two attached hydrogens (primary N) is 1. The van der Waals surface area contributed by atoms with Crippen molar-refractivity contribution < 1.29 is 4.79 Å². The van der Waals surface area contributed by atoms with Crippen LogP contribution in [0.15, 0.2) is 23.1 Å². The minimum Gasteiger partial charge on any atom is -0.398 e. The Kier molecular flexibility index (Phi) is 5.65. The molecule has 0 spiro atoms. The van der Waals surface area contributed by atoms with Gasteiger partial charge in [0, 0.05) is 18.0 Å². The van der Waals surface area contributed by atoms with E-state index < -0.39 is 0 Å². The van der Waals surface area contributed by atoms with Crippen molar-refractivity contribution in [2.24, 2.45) is 0 Å². The summed E-state index contributed by atoms with van der Waals surface area (Å²) < 4.78 is 0. The van der Waals surface area contributed by atoms with E-state index in [9.17, 15) is 4.79 Å². The Balaban J connectivity index is 2.55. The van der Waals surface area contributed by atoms with Crippen LogP contribution in [-0.2, 0) is 4.79 Å². The second-order valence-corrected chi connectivity index (χ2v) is 4.99. The first-order chi connectivity index (χ1) is 8.08. The number of rotatable bonds is 5. The number of carbonyl (C=O) groups is 1. The van der Waals surface area contributed by atoms with Crippen LogP contribution >= 0.6 is 23.4 Å². The van der Waals surface area contributed by atoms with E-state index in [-0.39, 0.29) is 5.91 Å². The van der Waals surface area contributed by atoms with E-state index in [1.165, 1.54) is 11.8 Å². The van der Waals surface area contributed by atoms with Gasteiger partial charge in [-0.1, -0.05) is 11.6 Å². The summed E-state index contributed by atoms with van der Waals surface area (Å²) in [4.78, 5) is 14.6. The molecular formula is C12H17ClN2OS. The van der Waals surface area contributed by atoms with Crippen molar-refractivity contribution in [3.63, 3.8) is 0 Å². The lowest BCUT2D eigenvalue weighted by Crippen LogP contribution is -2.31. The van der Waals surface area contributed by atoms with Crippen molar-refractivity contribution in [1.82, 2.24) is 4.90 Å². The molecule has 2 N–H and O–H groups in total. The van der Waals surface area contributed by atoms with Crippen LogP contribution in [0.2, 0.25) is 5.02 Å². The fourth-order valence-corrected chi connectivity index (χ4v) is 2.49. The Morgan fingerprint density at radius 2 is 2.06 bits per heavy atom. The fraction of sp³-hybridized carbons (Fsp3) is 0.417. The Morgan fingerprint density at radius 1 is 1.41 bits per heavy atom. The van der Waals surface area contributed by atoms with E-state index in [1.54, 1.807) is 12.1 Å². The Bertz CT molecular complexity index is 394. The van der Waals surface area contributed by atoms with Gasteiger partial charge in [-0.15, -0.1) is 11.8 Å². The standard InChI is InChI=1S/C12H17ClN2OS/c1-3-15(4-2)12(16)8-17-9-5-6-11(14)10(13)7-9/h5-7H,3-4,8,14H2,1-2H3. The predicted octanol–water partition coefficient (Wildman–Crippen LogP) is 2.88. The zero-order chi connectivity index (χ0) is 12.8. The maximum Gasteiger partial charge on any atom is 0.232 e. The summed E-state index contributed by atoms with van der Waals surface area (Å²) in [6.07, 6.45) is 0. The molecule has 1 rings (SSSR count). The van der Waals surface area contributed by atoms with Crippen LogP contribution in [0, 0.1) is 0 Å². The first-order valence-electron chi connectivity index (χ1n) is 5.54. The lowest BCUT2D eigenvalue weighted by Gasteiger charge is -2.18. The van der Waals surface area contributed by atoms with Gasteiger partial charge in [-0.3, -0.25) is 4.79 Å². The van der Waals surface area contributed by atoms with Gasteiger partial charge >= 0.3 is 0 Å². The molecule has 1 amide bonds. The van der Waals surface area contributed by atoms with Gasteiger partial charge in [0.2, 0.25) is 5.91 Å². The highest BCUT2D eigenvalue weighted by Gasteiger charge is 2.10.